The van der Waals surface area contributed by atoms with Gasteiger partial charge in [-0.2, -0.15) is 0 Å². The summed E-state index contributed by atoms with van der Waals surface area (Å²) in [5, 5.41) is 3.71. The molecule has 0 spiro atoms. The quantitative estimate of drug-likeness (QED) is 0.642. The highest BCUT2D eigenvalue weighted by atomic mass is 15.0. The lowest BCUT2D eigenvalue weighted by atomic mass is 9.87. The first-order valence-corrected chi connectivity index (χ1v) is 5.10. The van der Waals surface area contributed by atoms with Crippen molar-refractivity contribution < 1.29 is 0 Å². The van der Waals surface area contributed by atoms with Crippen LogP contribution in [0.2, 0.25) is 0 Å². The molecule has 1 heteroatoms. The summed E-state index contributed by atoms with van der Waals surface area (Å²) in [5.74, 6) is 0.993. The highest BCUT2D eigenvalue weighted by Crippen LogP contribution is 2.27. The van der Waals surface area contributed by atoms with Crippen LogP contribution in [-0.2, 0) is 0 Å². The van der Waals surface area contributed by atoms with Crippen LogP contribution in [0, 0.1) is 5.92 Å². The third kappa shape index (κ3) is 2.19. The Kier molecular flexibility index (Phi) is 2.17. The molecular weight excluding hydrogens is 134 g/mol. The number of hydrogen-bond donors (Lipinski definition) is 1. The van der Waals surface area contributed by atoms with Gasteiger partial charge in [0.1, 0.15) is 0 Å². The molecule has 0 amide bonds. The Morgan fingerprint density at radius 3 is 1.73 bits per heavy atom. The van der Waals surface area contributed by atoms with Gasteiger partial charge >= 0.3 is 0 Å². The van der Waals surface area contributed by atoms with Crippen LogP contribution in [0.1, 0.15) is 45.4 Å². The zero-order chi connectivity index (χ0) is 7.68. The average molecular weight is 153 g/mol. The van der Waals surface area contributed by atoms with Crippen LogP contribution >= 0.6 is 0 Å². The predicted molar refractivity (Wildman–Crippen MR) is 47.6 cm³/mol. The Labute approximate surface area is 69.6 Å². The molecule has 1 nitrogen and oxygen atoms in total. The van der Waals surface area contributed by atoms with Gasteiger partial charge in [0.25, 0.3) is 0 Å². The molecule has 0 aliphatic heterocycles. The van der Waals surface area contributed by atoms with E-state index in [4.69, 9.17) is 0 Å². The molecule has 0 aromatic carbocycles. The fourth-order valence-corrected chi connectivity index (χ4v) is 2.01. The van der Waals surface area contributed by atoms with Crippen molar-refractivity contribution in [2.75, 3.05) is 0 Å². The molecule has 1 N–H and O–H groups in total. The van der Waals surface area contributed by atoms with E-state index in [2.05, 4.69) is 12.2 Å². The second-order valence-electron chi connectivity index (χ2n) is 4.40. The van der Waals surface area contributed by atoms with Crippen LogP contribution in [0.3, 0.4) is 0 Å². The Hall–Kier alpha value is -0.0400. The van der Waals surface area contributed by atoms with E-state index < -0.39 is 0 Å². The Morgan fingerprint density at radius 1 is 0.818 bits per heavy atom. The molecule has 0 atom stereocenters. The SMILES string of the molecule is CC1CCC(NC2CC2)CC1. The summed E-state index contributed by atoms with van der Waals surface area (Å²) in [6, 6.07) is 1.78. The van der Waals surface area contributed by atoms with Gasteiger partial charge in [-0.25, -0.2) is 0 Å². The zero-order valence-corrected chi connectivity index (χ0v) is 7.47. The van der Waals surface area contributed by atoms with Gasteiger partial charge < -0.3 is 5.32 Å². The van der Waals surface area contributed by atoms with Gasteiger partial charge in [-0.3, -0.25) is 0 Å². The second-order valence-corrected chi connectivity index (χ2v) is 4.40. The fraction of sp³-hybridized carbons (Fsp3) is 1.00. The van der Waals surface area contributed by atoms with E-state index >= 15 is 0 Å². The van der Waals surface area contributed by atoms with Crippen molar-refractivity contribution in [3.63, 3.8) is 0 Å². The molecule has 2 aliphatic carbocycles. The summed E-state index contributed by atoms with van der Waals surface area (Å²) >= 11 is 0. The summed E-state index contributed by atoms with van der Waals surface area (Å²) in [4.78, 5) is 0. The van der Waals surface area contributed by atoms with Crippen molar-refractivity contribution in [2.24, 2.45) is 5.92 Å². The molecule has 64 valence electrons. The first kappa shape index (κ1) is 7.60. The molecule has 0 heterocycles. The van der Waals surface area contributed by atoms with Crippen LogP contribution in [0.5, 0.6) is 0 Å². The first-order valence-electron chi connectivity index (χ1n) is 5.10. The van der Waals surface area contributed by atoms with E-state index in [1.165, 1.54) is 38.5 Å². The summed E-state index contributed by atoms with van der Waals surface area (Å²) in [6.07, 6.45) is 8.63. The van der Waals surface area contributed by atoms with E-state index in [0.717, 1.165) is 18.0 Å². The first-order chi connectivity index (χ1) is 5.34. The van der Waals surface area contributed by atoms with Crippen molar-refractivity contribution in [2.45, 2.75) is 57.5 Å². The summed E-state index contributed by atoms with van der Waals surface area (Å²) in [7, 11) is 0. The van der Waals surface area contributed by atoms with Crippen LogP contribution < -0.4 is 5.32 Å². The maximum absolute atomic E-state index is 3.71. The minimum Gasteiger partial charge on any atom is -0.311 e. The molecule has 0 aromatic heterocycles. The lowest BCUT2D eigenvalue weighted by Crippen LogP contribution is -2.34. The smallest absolute Gasteiger partial charge is 0.00708 e. The topological polar surface area (TPSA) is 12.0 Å². The van der Waals surface area contributed by atoms with Gasteiger partial charge in [-0.05, 0) is 44.4 Å². The Balaban J connectivity index is 1.69. The number of nitrogens with one attached hydrogen (secondary N) is 1. The van der Waals surface area contributed by atoms with Crippen molar-refractivity contribution in [3.05, 3.63) is 0 Å². The Morgan fingerprint density at radius 2 is 1.27 bits per heavy atom. The van der Waals surface area contributed by atoms with Crippen LogP contribution in [0.4, 0.5) is 0 Å². The highest BCUT2D eigenvalue weighted by molar-refractivity contribution is 4.86. The lowest BCUT2D eigenvalue weighted by molar-refractivity contribution is 0.306. The van der Waals surface area contributed by atoms with E-state index in [1.807, 2.05) is 0 Å². The van der Waals surface area contributed by atoms with Gasteiger partial charge in [-0.15, -0.1) is 0 Å². The molecule has 11 heavy (non-hydrogen) atoms. The van der Waals surface area contributed by atoms with Gasteiger partial charge in [0.2, 0.25) is 0 Å². The zero-order valence-electron chi connectivity index (χ0n) is 7.47. The maximum atomic E-state index is 3.71. The minimum atomic E-state index is 0.874. The number of rotatable bonds is 2. The molecule has 2 rings (SSSR count). The molecule has 0 bridgehead atoms. The molecule has 0 unspecified atom stereocenters. The normalized spacial score (nSPS) is 39.0. The van der Waals surface area contributed by atoms with Gasteiger partial charge in [0.15, 0.2) is 0 Å². The highest BCUT2D eigenvalue weighted by Gasteiger charge is 2.26. The molecule has 0 radical (unpaired) electrons. The Bertz CT molecular complexity index is 121. The van der Waals surface area contributed by atoms with Crippen molar-refractivity contribution in [3.8, 4) is 0 Å². The van der Waals surface area contributed by atoms with Gasteiger partial charge in [-0.1, -0.05) is 6.92 Å². The van der Waals surface area contributed by atoms with Crippen LogP contribution in [0.25, 0.3) is 0 Å². The van der Waals surface area contributed by atoms with E-state index in [-0.39, 0.29) is 0 Å². The summed E-state index contributed by atoms with van der Waals surface area (Å²) in [5.41, 5.74) is 0. The second kappa shape index (κ2) is 3.14. The molecule has 2 saturated carbocycles. The predicted octanol–water partition coefficient (Wildman–Crippen LogP) is 2.32. The van der Waals surface area contributed by atoms with E-state index in [0.29, 0.717) is 0 Å². The van der Waals surface area contributed by atoms with Gasteiger partial charge in [0.05, 0.1) is 0 Å². The molecule has 0 aromatic rings. The van der Waals surface area contributed by atoms with Gasteiger partial charge in [0, 0.05) is 12.1 Å². The maximum Gasteiger partial charge on any atom is 0.00708 e. The van der Waals surface area contributed by atoms with Crippen molar-refractivity contribution in [1.82, 2.24) is 5.32 Å². The summed E-state index contributed by atoms with van der Waals surface area (Å²) < 4.78 is 0. The third-order valence-corrected chi connectivity index (χ3v) is 3.06. The molecule has 2 fully saturated rings. The molecule has 2 aliphatic rings. The standard InChI is InChI=1S/C10H19N/c1-8-2-4-9(5-3-8)11-10-6-7-10/h8-11H,2-7H2,1H3. The average Bonchev–Trinajstić information content (AvgIpc) is 2.78. The molecule has 0 saturated heterocycles. The fourth-order valence-electron chi connectivity index (χ4n) is 2.01. The number of hydrogen-bond acceptors (Lipinski definition) is 1. The van der Waals surface area contributed by atoms with Crippen molar-refractivity contribution >= 4 is 0 Å². The van der Waals surface area contributed by atoms with Crippen LogP contribution in [-0.4, -0.2) is 12.1 Å². The largest absolute Gasteiger partial charge is 0.311 e. The van der Waals surface area contributed by atoms with E-state index in [1.54, 1.807) is 0 Å². The summed E-state index contributed by atoms with van der Waals surface area (Å²) in [6.45, 7) is 2.38. The third-order valence-electron chi connectivity index (χ3n) is 3.06. The minimum absolute atomic E-state index is 0.874. The monoisotopic (exact) mass is 153 g/mol. The molecular formula is C10H19N. The van der Waals surface area contributed by atoms with Crippen LogP contribution in [0.15, 0.2) is 0 Å². The lowest BCUT2D eigenvalue weighted by Gasteiger charge is -2.26. The van der Waals surface area contributed by atoms with E-state index in [9.17, 15) is 0 Å². The van der Waals surface area contributed by atoms with Crippen molar-refractivity contribution in [1.29, 1.82) is 0 Å².